The van der Waals surface area contributed by atoms with Crippen molar-refractivity contribution in [1.29, 1.82) is 0 Å². The van der Waals surface area contributed by atoms with Crippen molar-refractivity contribution in [3.05, 3.63) is 0 Å². The van der Waals surface area contributed by atoms with Crippen LogP contribution in [-0.4, -0.2) is 41.4 Å². The quantitative estimate of drug-likeness (QED) is 0.817. The molecular formula is C17H32N2OS. The Bertz CT molecular complexity index is 342. The molecule has 2 atom stereocenters. The molecule has 0 radical (unpaired) electrons. The lowest BCUT2D eigenvalue weighted by atomic mass is 9.71. The van der Waals surface area contributed by atoms with Gasteiger partial charge >= 0.3 is 0 Å². The van der Waals surface area contributed by atoms with Gasteiger partial charge in [0.2, 0.25) is 5.91 Å². The molecule has 0 saturated heterocycles. The van der Waals surface area contributed by atoms with Crippen LogP contribution in [0.1, 0.15) is 64.7 Å². The minimum Gasteiger partial charge on any atom is -0.343 e. The minimum absolute atomic E-state index is 0.0970. The smallest absolute Gasteiger partial charge is 0.223 e. The molecule has 0 aliphatic heterocycles. The second-order valence-corrected chi connectivity index (χ2v) is 8.57. The zero-order valence-corrected chi connectivity index (χ0v) is 14.6. The van der Waals surface area contributed by atoms with E-state index in [1.807, 2.05) is 11.9 Å². The molecule has 0 bridgehead atoms. The van der Waals surface area contributed by atoms with Crippen LogP contribution >= 0.6 is 11.8 Å². The fourth-order valence-electron chi connectivity index (χ4n) is 4.06. The lowest BCUT2D eigenvalue weighted by Crippen LogP contribution is -2.42. The second-order valence-electron chi connectivity index (χ2n) is 6.99. The zero-order valence-electron chi connectivity index (χ0n) is 13.8. The van der Waals surface area contributed by atoms with Crippen molar-refractivity contribution in [3.8, 4) is 0 Å². The van der Waals surface area contributed by atoms with Gasteiger partial charge in [0.15, 0.2) is 0 Å². The maximum atomic E-state index is 12.7. The maximum absolute atomic E-state index is 12.7. The summed E-state index contributed by atoms with van der Waals surface area (Å²) in [6.07, 6.45) is 10.4. The van der Waals surface area contributed by atoms with Gasteiger partial charge in [0.25, 0.3) is 0 Å². The van der Waals surface area contributed by atoms with E-state index in [2.05, 4.69) is 18.7 Å². The van der Waals surface area contributed by atoms with Gasteiger partial charge in [-0.2, -0.15) is 11.8 Å². The summed E-state index contributed by atoms with van der Waals surface area (Å²) >= 11 is 2.05. The predicted octanol–water partition coefficient (Wildman–Crippen LogP) is 3.42. The average Bonchev–Trinajstić information content (AvgIpc) is 2.96. The number of nitrogens with zero attached hydrogens (tertiary/aromatic N) is 1. The van der Waals surface area contributed by atoms with E-state index in [1.54, 1.807) is 0 Å². The summed E-state index contributed by atoms with van der Waals surface area (Å²) in [4.78, 5) is 14.7. The van der Waals surface area contributed by atoms with Crippen LogP contribution in [0.4, 0.5) is 0 Å². The first-order valence-electron chi connectivity index (χ1n) is 8.67. The van der Waals surface area contributed by atoms with Gasteiger partial charge in [-0.25, -0.2) is 0 Å². The Labute approximate surface area is 134 Å². The van der Waals surface area contributed by atoms with Gasteiger partial charge in [-0.05, 0) is 49.8 Å². The van der Waals surface area contributed by atoms with Crippen molar-refractivity contribution in [2.45, 2.75) is 76.0 Å². The standard InChI is InChI=1S/C17H32N2OS/c1-3-21-15-8-7-14(11-15)19(2)16(20)12-17(13-18)9-5-4-6-10-17/h14-15H,3-13,18H2,1-2H3. The summed E-state index contributed by atoms with van der Waals surface area (Å²) in [7, 11) is 2.01. The SMILES string of the molecule is CCSC1CCC(N(C)C(=O)CC2(CN)CCCCC2)C1. The van der Waals surface area contributed by atoms with Crippen LogP contribution in [0.5, 0.6) is 0 Å². The first-order valence-corrected chi connectivity index (χ1v) is 9.72. The number of amides is 1. The summed E-state index contributed by atoms with van der Waals surface area (Å²) < 4.78 is 0. The van der Waals surface area contributed by atoms with Crippen molar-refractivity contribution in [3.63, 3.8) is 0 Å². The Morgan fingerprint density at radius 3 is 2.62 bits per heavy atom. The number of carbonyl (C=O) groups is 1. The average molecular weight is 313 g/mol. The third kappa shape index (κ3) is 4.38. The largest absolute Gasteiger partial charge is 0.343 e. The Morgan fingerprint density at radius 1 is 1.29 bits per heavy atom. The molecule has 2 aliphatic carbocycles. The molecule has 1 amide bonds. The molecule has 3 nitrogen and oxygen atoms in total. The first kappa shape index (κ1) is 17.1. The highest BCUT2D eigenvalue weighted by atomic mass is 32.2. The van der Waals surface area contributed by atoms with Crippen LogP contribution in [0.3, 0.4) is 0 Å². The van der Waals surface area contributed by atoms with Crippen molar-refractivity contribution in [2.75, 3.05) is 19.3 Å². The fourth-order valence-corrected chi connectivity index (χ4v) is 5.19. The molecule has 0 heterocycles. The first-order chi connectivity index (χ1) is 10.1. The molecule has 0 aromatic heterocycles. The number of carbonyl (C=O) groups excluding carboxylic acids is 1. The summed E-state index contributed by atoms with van der Waals surface area (Å²) in [6.45, 7) is 2.90. The zero-order chi connectivity index (χ0) is 15.3. The highest BCUT2D eigenvalue weighted by Gasteiger charge is 2.36. The number of hydrogen-bond acceptors (Lipinski definition) is 3. The summed E-state index contributed by atoms with van der Waals surface area (Å²) in [5, 5.41) is 0.758. The van der Waals surface area contributed by atoms with Gasteiger partial charge in [-0.3, -0.25) is 4.79 Å². The van der Waals surface area contributed by atoms with Crippen LogP contribution in [0.25, 0.3) is 0 Å². The van der Waals surface area contributed by atoms with Crippen molar-refractivity contribution in [2.24, 2.45) is 11.1 Å². The predicted molar refractivity (Wildman–Crippen MR) is 91.5 cm³/mol. The summed E-state index contributed by atoms with van der Waals surface area (Å²) in [5.74, 6) is 1.51. The summed E-state index contributed by atoms with van der Waals surface area (Å²) in [6, 6.07) is 0.458. The minimum atomic E-state index is 0.0970. The number of nitrogens with two attached hydrogens (primary N) is 1. The molecular weight excluding hydrogens is 280 g/mol. The second kappa shape index (κ2) is 7.87. The molecule has 0 spiro atoms. The van der Waals surface area contributed by atoms with Crippen molar-refractivity contribution >= 4 is 17.7 Å². The Hall–Kier alpha value is -0.220. The molecule has 2 saturated carbocycles. The van der Waals surface area contributed by atoms with E-state index >= 15 is 0 Å². The highest BCUT2D eigenvalue weighted by Crippen LogP contribution is 2.39. The van der Waals surface area contributed by atoms with Crippen molar-refractivity contribution in [1.82, 2.24) is 4.90 Å². The van der Waals surface area contributed by atoms with Gasteiger partial charge in [-0.15, -0.1) is 0 Å². The molecule has 2 rings (SSSR count). The van der Waals surface area contributed by atoms with E-state index < -0.39 is 0 Å². The topological polar surface area (TPSA) is 46.3 Å². The third-order valence-electron chi connectivity index (χ3n) is 5.57. The van der Waals surface area contributed by atoms with Crippen LogP contribution in [0.15, 0.2) is 0 Å². The van der Waals surface area contributed by atoms with Gasteiger partial charge in [0.1, 0.15) is 0 Å². The van der Waals surface area contributed by atoms with E-state index in [9.17, 15) is 4.79 Å². The van der Waals surface area contributed by atoms with Gasteiger partial charge in [0, 0.05) is 24.8 Å². The highest BCUT2D eigenvalue weighted by molar-refractivity contribution is 7.99. The van der Waals surface area contributed by atoms with Gasteiger partial charge < -0.3 is 10.6 Å². The number of hydrogen-bond donors (Lipinski definition) is 1. The third-order valence-corrected chi connectivity index (χ3v) is 6.81. The van der Waals surface area contributed by atoms with E-state index in [0.717, 1.165) is 18.1 Å². The Kier molecular flexibility index (Phi) is 6.42. The van der Waals surface area contributed by atoms with Crippen LogP contribution in [0, 0.1) is 5.41 Å². The molecule has 0 aromatic rings. The molecule has 2 fully saturated rings. The number of thioether (sulfide) groups is 1. The molecule has 122 valence electrons. The lowest BCUT2D eigenvalue weighted by Gasteiger charge is -2.37. The molecule has 2 aliphatic rings. The Morgan fingerprint density at radius 2 is 2.00 bits per heavy atom. The monoisotopic (exact) mass is 312 g/mol. The maximum Gasteiger partial charge on any atom is 0.223 e. The van der Waals surface area contributed by atoms with Gasteiger partial charge in [-0.1, -0.05) is 26.2 Å². The summed E-state index contributed by atoms with van der Waals surface area (Å²) in [5.41, 5.74) is 6.12. The fraction of sp³-hybridized carbons (Fsp3) is 0.941. The molecule has 4 heteroatoms. The van der Waals surface area contributed by atoms with Crippen LogP contribution < -0.4 is 5.73 Å². The lowest BCUT2D eigenvalue weighted by molar-refractivity contribution is -0.134. The normalized spacial score (nSPS) is 28.5. The van der Waals surface area contributed by atoms with Gasteiger partial charge in [0.05, 0.1) is 0 Å². The van der Waals surface area contributed by atoms with Crippen LogP contribution in [-0.2, 0) is 4.79 Å². The van der Waals surface area contributed by atoms with E-state index in [-0.39, 0.29) is 5.41 Å². The number of rotatable bonds is 6. The molecule has 21 heavy (non-hydrogen) atoms. The molecule has 0 aromatic carbocycles. The molecule has 2 unspecified atom stereocenters. The molecule has 2 N–H and O–H groups in total. The van der Waals surface area contributed by atoms with Crippen molar-refractivity contribution < 1.29 is 4.79 Å². The Balaban J connectivity index is 1.87. The van der Waals surface area contributed by atoms with E-state index in [0.29, 0.717) is 24.9 Å². The van der Waals surface area contributed by atoms with Crippen LogP contribution in [0.2, 0.25) is 0 Å². The van der Waals surface area contributed by atoms with E-state index in [4.69, 9.17) is 5.73 Å². The van der Waals surface area contributed by atoms with E-state index in [1.165, 1.54) is 44.3 Å².